The van der Waals surface area contributed by atoms with E-state index in [-0.39, 0.29) is 23.5 Å². The molecule has 1 amide bonds. The maximum absolute atomic E-state index is 11.5. The number of carbonyl (C=O) groups is 2. The molecule has 14 heavy (non-hydrogen) atoms. The zero-order valence-electron chi connectivity index (χ0n) is 9.25. The second kappa shape index (κ2) is 4.58. The van der Waals surface area contributed by atoms with E-state index in [9.17, 15) is 9.59 Å². The fourth-order valence-corrected chi connectivity index (χ4v) is 1.82. The second-order valence-electron chi connectivity index (χ2n) is 4.33. The van der Waals surface area contributed by atoms with Crippen LogP contribution in [-0.2, 0) is 9.59 Å². The van der Waals surface area contributed by atoms with Crippen molar-refractivity contribution < 1.29 is 9.59 Å². The Balaban J connectivity index is 2.42. The van der Waals surface area contributed by atoms with Crippen LogP contribution in [0.3, 0.4) is 0 Å². The largest absolute Gasteiger partial charge is 0.343 e. The van der Waals surface area contributed by atoms with Gasteiger partial charge in [0, 0.05) is 31.8 Å². The molecule has 80 valence electrons. The molecule has 0 radical (unpaired) electrons. The standard InChI is InChI=1S/C11H19NO2/c1-4-12-7-9(6-11(12)14)5-10(13)8(2)3/h8-9H,4-7H2,1-3H3/t9-/m0/s1. The zero-order valence-corrected chi connectivity index (χ0v) is 9.25. The number of carbonyl (C=O) groups excluding carboxylic acids is 2. The molecule has 0 N–H and O–H groups in total. The van der Waals surface area contributed by atoms with E-state index >= 15 is 0 Å². The maximum Gasteiger partial charge on any atom is 0.222 e. The summed E-state index contributed by atoms with van der Waals surface area (Å²) in [7, 11) is 0. The van der Waals surface area contributed by atoms with Gasteiger partial charge in [0.05, 0.1) is 0 Å². The molecule has 1 aliphatic heterocycles. The molecule has 3 heteroatoms. The molecule has 1 aliphatic rings. The summed E-state index contributed by atoms with van der Waals surface area (Å²) in [4.78, 5) is 24.7. The Morgan fingerprint density at radius 1 is 1.57 bits per heavy atom. The third-order valence-electron chi connectivity index (χ3n) is 2.81. The van der Waals surface area contributed by atoms with Crippen LogP contribution >= 0.6 is 0 Å². The number of hydrogen-bond donors (Lipinski definition) is 0. The minimum atomic E-state index is 0.0979. The number of rotatable bonds is 4. The molecule has 0 aromatic rings. The van der Waals surface area contributed by atoms with Gasteiger partial charge in [-0.25, -0.2) is 0 Å². The minimum absolute atomic E-state index is 0.0979. The van der Waals surface area contributed by atoms with Gasteiger partial charge in [0.25, 0.3) is 0 Å². The average Bonchev–Trinajstić information content (AvgIpc) is 2.45. The monoisotopic (exact) mass is 197 g/mol. The Bertz CT molecular complexity index is 235. The van der Waals surface area contributed by atoms with Gasteiger partial charge in [0.15, 0.2) is 0 Å². The Morgan fingerprint density at radius 3 is 2.64 bits per heavy atom. The van der Waals surface area contributed by atoms with Gasteiger partial charge in [-0.05, 0) is 12.8 Å². The average molecular weight is 197 g/mol. The smallest absolute Gasteiger partial charge is 0.222 e. The maximum atomic E-state index is 11.5. The van der Waals surface area contributed by atoms with Crippen LogP contribution in [0.25, 0.3) is 0 Å². The van der Waals surface area contributed by atoms with E-state index in [0.717, 1.165) is 13.1 Å². The summed E-state index contributed by atoms with van der Waals surface area (Å²) in [6.45, 7) is 7.34. The fraction of sp³-hybridized carbons (Fsp3) is 0.818. The minimum Gasteiger partial charge on any atom is -0.343 e. The highest BCUT2D eigenvalue weighted by Crippen LogP contribution is 2.22. The molecule has 1 rings (SSSR count). The number of Topliss-reactive ketones (excluding diaryl/α,β-unsaturated/α-hetero) is 1. The molecule has 1 heterocycles. The lowest BCUT2D eigenvalue weighted by Crippen LogP contribution is -2.24. The zero-order chi connectivity index (χ0) is 10.7. The molecule has 0 aromatic heterocycles. The summed E-state index contributed by atoms with van der Waals surface area (Å²) >= 11 is 0. The Labute approximate surface area is 85.5 Å². The SMILES string of the molecule is CCN1C[C@@H](CC(=O)C(C)C)CC1=O. The van der Waals surface area contributed by atoms with Gasteiger partial charge in [-0.1, -0.05) is 13.8 Å². The molecule has 0 spiro atoms. The van der Waals surface area contributed by atoms with Crippen molar-refractivity contribution in [3.8, 4) is 0 Å². The molecule has 3 nitrogen and oxygen atoms in total. The van der Waals surface area contributed by atoms with Crippen molar-refractivity contribution in [1.29, 1.82) is 0 Å². The lowest BCUT2D eigenvalue weighted by atomic mass is 9.96. The molecule has 1 fully saturated rings. The van der Waals surface area contributed by atoms with E-state index in [2.05, 4.69) is 0 Å². The van der Waals surface area contributed by atoms with Crippen molar-refractivity contribution in [2.24, 2.45) is 11.8 Å². The third kappa shape index (κ3) is 2.56. The first-order valence-electron chi connectivity index (χ1n) is 5.35. The van der Waals surface area contributed by atoms with E-state index in [1.54, 1.807) is 0 Å². The Hall–Kier alpha value is -0.860. The van der Waals surface area contributed by atoms with E-state index in [0.29, 0.717) is 12.8 Å². The van der Waals surface area contributed by atoms with Crippen LogP contribution in [0.4, 0.5) is 0 Å². The summed E-state index contributed by atoms with van der Waals surface area (Å²) in [6, 6.07) is 0. The molecule has 1 saturated heterocycles. The summed E-state index contributed by atoms with van der Waals surface area (Å²) in [5, 5.41) is 0. The highest BCUT2D eigenvalue weighted by molar-refractivity contribution is 5.83. The van der Waals surface area contributed by atoms with Crippen molar-refractivity contribution in [3.05, 3.63) is 0 Å². The molecule has 1 atom stereocenters. The predicted octanol–water partition coefficient (Wildman–Crippen LogP) is 1.47. The predicted molar refractivity (Wildman–Crippen MR) is 54.8 cm³/mol. The van der Waals surface area contributed by atoms with Crippen molar-refractivity contribution in [3.63, 3.8) is 0 Å². The first-order chi connectivity index (χ1) is 6.54. The fourth-order valence-electron chi connectivity index (χ4n) is 1.82. The molecule has 0 aliphatic carbocycles. The van der Waals surface area contributed by atoms with Crippen LogP contribution in [0.5, 0.6) is 0 Å². The highest BCUT2D eigenvalue weighted by Gasteiger charge is 2.30. The number of likely N-dealkylation sites (tertiary alicyclic amines) is 1. The van der Waals surface area contributed by atoms with Crippen molar-refractivity contribution in [2.45, 2.75) is 33.6 Å². The summed E-state index contributed by atoms with van der Waals surface area (Å²) in [5.41, 5.74) is 0. The van der Waals surface area contributed by atoms with Gasteiger partial charge in [-0.15, -0.1) is 0 Å². The number of nitrogens with zero attached hydrogens (tertiary/aromatic N) is 1. The van der Waals surface area contributed by atoms with E-state index in [4.69, 9.17) is 0 Å². The number of amides is 1. The van der Waals surface area contributed by atoms with Crippen LogP contribution in [0.2, 0.25) is 0 Å². The summed E-state index contributed by atoms with van der Waals surface area (Å²) < 4.78 is 0. The lowest BCUT2D eigenvalue weighted by molar-refractivity contribution is -0.127. The van der Waals surface area contributed by atoms with Gasteiger partial charge in [-0.3, -0.25) is 9.59 Å². The number of hydrogen-bond acceptors (Lipinski definition) is 2. The van der Waals surface area contributed by atoms with E-state index in [1.165, 1.54) is 0 Å². The van der Waals surface area contributed by atoms with Crippen molar-refractivity contribution >= 4 is 11.7 Å². The Morgan fingerprint density at radius 2 is 2.21 bits per heavy atom. The van der Waals surface area contributed by atoms with Crippen molar-refractivity contribution in [2.75, 3.05) is 13.1 Å². The quantitative estimate of drug-likeness (QED) is 0.684. The Kier molecular flexibility index (Phi) is 3.67. The highest BCUT2D eigenvalue weighted by atomic mass is 16.2. The van der Waals surface area contributed by atoms with Gasteiger partial charge < -0.3 is 4.90 Å². The normalized spacial score (nSPS) is 22.1. The first-order valence-corrected chi connectivity index (χ1v) is 5.35. The van der Waals surface area contributed by atoms with Gasteiger partial charge in [-0.2, -0.15) is 0 Å². The molecule has 0 unspecified atom stereocenters. The van der Waals surface area contributed by atoms with Crippen molar-refractivity contribution in [1.82, 2.24) is 4.90 Å². The first kappa shape index (κ1) is 11.2. The second-order valence-corrected chi connectivity index (χ2v) is 4.33. The van der Waals surface area contributed by atoms with Crippen LogP contribution in [0.15, 0.2) is 0 Å². The molecule has 0 aromatic carbocycles. The summed E-state index contributed by atoms with van der Waals surface area (Å²) in [6.07, 6.45) is 1.13. The van der Waals surface area contributed by atoms with E-state index < -0.39 is 0 Å². The van der Waals surface area contributed by atoms with Crippen LogP contribution in [0, 0.1) is 11.8 Å². The van der Waals surface area contributed by atoms with Crippen LogP contribution < -0.4 is 0 Å². The number of ketones is 1. The van der Waals surface area contributed by atoms with Gasteiger partial charge in [0.1, 0.15) is 5.78 Å². The van der Waals surface area contributed by atoms with Crippen LogP contribution in [0.1, 0.15) is 33.6 Å². The lowest BCUT2D eigenvalue weighted by Gasteiger charge is -2.13. The van der Waals surface area contributed by atoms with Gasteiger partial charge in [0.2, 0.25) is 5.91 Å². The van der Waals surface area contributed by atoms with Gasteiger partial charge >= 0.3 is 0 Å². The van der Waals surface area contributed by atoms with Crippen LogP contribution in [-0.4, -0.2) is 29.7 Å². The summed E-state index contributed by atoms with van der Waals surface area (Å²) in [5.74, 6) is 0.841. The molecule has 0 saturated carbocycles. The molecular weight excluding hydrogens is 178 g/mol. The van der Waals surface area contributed by atoms with E-state index in [1.807, 2.05) is 25.7 Å². The molecule has 0 bridgehead atoms. The molecular formula is C11H19NO2. The topological polar surface area (TPSA) is 37.4 Å². The third-order valence-corrected chi connectivity index (χ3v) is 2.81.